The molecule has 0 amide bonds. The Bertz CT molecular complexity index is 1270. The molecule has 0 saturated carbocycles. The number of benzene rings is 3. The third-order valence-corrected chi connectivity index (χ3v) is 5.78. The SMILES string of the molecule is O=C(OCc1ccccc1)c1ccc2c(c1)=CCc1c3c(ccc1=2)=CCCC3. The molecule has 0 spiro atoms. The van der Waals surface area contributed by atoms with Gasteiger partial charge in [-0.25, -0.2) is 4.79 Å². The van der Waals surface area contributed by atoms with Gasteiger partial charge in [-0.1, -0.05) is 60.7 Å². The van der Waals surface area contributed by atoms with Crippen molar-refractivity contribution >= 4 is 18.1 Å². The lowest BCUT2D eigenvalue weighted by molar-refractivity contribution is 0.0472. The van der Waals surface area contributed by atoms with Crippen LogP contribution < -0.4 is 10.4 Å². The Morgan fingerprint density at radius 2 is 1.71 bits per heavy atom. The summed E-state index contributed by atoms with van der Waals surface area (Å²) in [5.41, 5.74) is 4.58. The lowest BCUT2D eigenvalue weighted by Crippen LogP contribution is -2.20. The Kier molecular flexibility index (Phi) is 4.32. The van der Waals surface area contributed by atoms with E-state index in [4.69, 9.17) is 4.74 Å². The van der Waals surface area contributed by atoms with Crippen LogP contribution in [0.2, 0.25) is 0 Å². The minimum Gasteiger partial charge on any atom is -0.457 e. The third-order valence-electron chi connectivity index (χ3n) is 5.78. The van der Waals surface area contributed by atoms with Gasteiger partial charge >= 0.3 is 5.97 Å². The lowest BCUT2D eigenvalue weighted by atomic mass is 9.88. The van der Waals surface area contributed by atoms with Gasteiger partial charge in [0.2, 0.25) is 0 Å². The van der Waals surface area contributed by atoms with Crippen LogP contribution in [0.3, 0.4) is 0 Å². The monoisotopic (exact) mass is 366 g/mol. The molecule has 2 aliphatic carbocycles. The topological polar surface area (TPSA) is 26.3 Å². The number of fused-ring (bicyclic) bond motifs is 4. The standard InChI is InChI=1S/C26H22O2/c27-26(28-17-18-6-2-1-3-7-18)21-12-13-23-20(16-21)11-15-24-22-9-5-4-8-19(22)10-14-25(23)24/h1-3,6-8,10-14,16H,4-5,9,15,17H2. The second kappa shape index (κ2) is 7.12. The second-order valence-electron chi connectivity index (χ2n) is 7.53. The van der Waals surface area contributed by atoms with Gasteiger partial charge < -0.3 is 4.74 Å². The fourth-order valence-corrected chi connectivity index (χ4v) is 4.34. The zero-order chi connectivity index (χ0) is 18.9. The van der Waals surface area contributed by atoms with Crippen LogP contribution in [-0.4, -0.2) is 5.97 Å². The van der Waals surface area contributed by atoms with Crippen molar-refractivity contribution in [1.29, 1.82) is 0 Å². The summed E-state index contributed by atoms with van der Waals surface area (Å²) in [6, 6.07) is 20.2. The van der Waals surface area contributed by atoms with E-state index >= 15 is 0 Å². The zero-order valence-electron chi connectivity index (χ0n) is 15.8. The molecule has 28 heavy (non-hydrogen) atoms. The molecule has 138 valence electrons. The molecule has 0 fully saturated rings. The molecule has 2 nitrogen and oxygen atoms in total. The van der Waals surface area contributed by atoms with Crippen LogP contribution in [0.25, 0.3) is 12.2 Å². The van der Waals surface area contributed by atoms with Gasteiger partial charge in [0.25, 0.3) is 0 Å². The van der Waals surface area contributed by atoms with Gasteiger partial charge in [0.1, 0.15) is 6.61 Å². The highest BCUT2D eigenvalue weighted by atomic mass is 16.5. The summed E-state index contributed by atoms with van der Waals surface area (Å²) in [6.07, 6.45) is 9.13. The van der Waals surface area contributed by atoms with Gasteiger partial charge in [-0.3, -0.25) is 0 Å². The van der Waals surface area contributed by atoms with Gasteiger partial charge in [0.05, 0.1) is 5.56 Å². The van der Waals surface area contributed by atoms with Crippen LogP contribution in [0.4, 0.5) is 0 Å². The van der Waals surface area contributed by atoms with E-state index in [0.717, 1.165) is 17.2 Å². The van der Waals surface area contributed by atoms with Gasteiger partial charge in [-0.2, -0.15) is 0 Å². The van der Waals surface area contributed by atoms with Crippen molar-refractivity contribution in [2.24, 2.45) is 0 Å². The molecular formula is C26H22O2. The summed E-state index contributed by atoms with van der Waals surface area (Å²) in [7, 11) is 0. The predicted molar refractivity (Wildman–Crippen MR) is 111 cm³/mol. The summed E-state index contributed by atoms with van der Waals surface area (Å²) in [6.45, 7) is 0.298. The van der Waals surface area contributed by atoms with Crippen molar-refractivity contribution in [1.82, 2.24) is 0 Å². The van der Waals surface area contributed by atoms with Crippen molar-refractivity contribution in [2.45, 2.75) is 32.3 Å². The van der Waals surface area contributed by atoms with Crippen LogP contribution >= 0.6 is 0 Å². The van der Waals surface area contributed by atoms with Crippen LogP contribution in [0.1, 0.15) is 39.9 Å². The van der Waals surface area contributed by atoms with E-state index in [9.17, 15) is 4.79 Å². The molecule has 3 aromatic rings. The zero-order valence-corrected chi connectivity index (χ0v) is 15.8. The van der Waals surface area contributed by atoms with Crippen LogP contribution in [0.5, 0.6) is 0 Å². The van der Waals surface area contributed by atoms with E-state index in [0.29, 0.717) is 12.2 Å². The van der Waals surface area contributed by atoms with Crippen LogP contribution in [0.15, 0.2) is 60.7 Å². The van der Waals surface area contributed by atoms with E-state index in [1.807, 2.05) is 42.5 Å². The fraction of sp³-hybridized carbons (Fsp3) is 0.192. The van der Waals surface area contributed by atoms with Gasteiger partial charge in [0, 0.05) is 0 Å². The van der Waals surface area contributed by atoms with Crippen molar-refractivity contribution in [3.05, 3.63) is 104 Å². The smallest absolute Gasteiger partial charge is 0.338 e. The number of hydrogen-bond donors (Lipinski definition) is 0. The van der Waals surface area contributed by atoms with Gasteiger partial charge in [-0.05, 0) is 75.4 Å². The van der Waals surface area contributed by atoms with Crippen LogP contribution in [-0.2, 0) is 24.2 Å². The lowest BCUT2D eigenvalue weighted by Gasteiger charge is -2.16. The third kappa shape index (κ3) is 3.05. The maximum Gasteiger partial charge on any atom is 0.338 e. The molecule has 0 saturated heterocycles. The highest BCUT2D eigenvalue weighted by molar-refractivity contribution is 5.89. The molecule has 2 aliphatic rings. The Morgan fingerprint density at radius 1 is 0.857 bits per heavy atom. The molecule has 5 rings (SSSR count). The van der Waals surface area contributed by atoms with E-state index in [2.05, 4.69) is 30.4 Å². The fourth-order valence-electron chi connectivity index (χ4n) is 4.34. The highest BCUT2D eigenvalue weighted by Gasteiger charge is 2.13. The van der Waals surface area contributed by atoms with Gasteiger partial charge in [-0.15, -0.1) is 0 Å². The van der Waals surface area contributed by atoms with E-state index < -0.39 is 0 Å². The number of ether oxygens (including phenoxy) is 1. The Hall–Kier alpha value is -3.13. The quantitative estimate of drug-likeness (QED) is 0.660. The molecule has 0 radical (unpaired) electrons. The Balaban J connectivity index is 1.51. The summed E-state index contributed by atoms with van der Waals surface area (Å²) in [5, 5.41) is 5.06. The first-order chi connectivity index (χ1) is 13.8. The molecule has 3 aromatic carbocycles. The normalized spacial score (nSPS) is 14.0. The number of rotatable bonds is 3. The first kappa shape index (κ1) is 17.0. The Labute approximate surface area is 164 Å². The molecule has 0 unspecified atom stereocenters. The van der Waals surface area contributed by atoms with Crippen molar-refractivity contribution in [3.8, 4) is 0 Å². The van der Waals surface area contributed by atoms with E-state index in [-0.39, 0.29) is 5.97 Å². The second-order valence-corrected chi connectivity index (χ2v) is 7.53. The first-order valence-corrected chi connectivity index (χ1v) is 9.96. The molecule has 0 aliphatic heterocycles. The van der Waals surface area contributed by atoms with Crippen molar-refractivity contribution < 1.29 is 9.53 Å². The maximum atomic E-state index is 12.5. The van der Waals surface area contributed by atoms with Crippen LogP contribution in [0, 0.1) is 10.4 Å². The molecular weight excluding hydrogens is 344 g/mol. The minimum atomic E-state index is -0.272. The molecule has 0 bridgehead atoms. The highest BCUT2D eigenvalue weighted by Crippen LogP contribution is 2.18. The summed E-state index contributed by atoms with van der Waals surface area (Å²) < 4.78 is 5.49. The summed E-state index contributed by atoms with van der Waals surface area (Å²) in [4.78, 5) is 12.5. The molecule has 2 heteroatoms. The molecule has 0 heterocycles. The van der Waals surface area contributed by atoms with Crippen molar-refractivity contribution in [2.75, 3.05) is 0 Å². The van der Waals surface area contributed by atoms with Gasteiger partial charge in [0.15, 0.2) is 0 Å². The van der Waals surface area contributed by atoms with E-state index in [1.54, 1.807) is 0 Å². The number of hydrogen-bond acceptors (Lipinski definition) is 2. The van der Waals surface area contributed by atoms with Crippen molar-refractivity contribution in [3.63, 3.8) is 0 Å². The molecule has 0 N–H and O–H groups in total. The number of carbonyl (C=O) groups is 1. The molecule has 0 aromatic heterocycles. The average molecular weight is 366 g/mol. The Morgan fingerprint density at radius 3 is 2.61 bits per heavy atom. The predicted octanol–water partition coefficient (Wildman–Crippen LogP) is 3.78. The molecule has 0 atom stereocenters. The minimum absolute atomic E-state index is 0.272. The number of carbonyl (C=O) groups excluding carboxylic acids is 1. The summed E-state index contributed by atoms with van der Waals surface area (Å²) in [5.74, 6) is -0.272. The van der Waals surface area contributed by atoms with E-state index in [1.165, 1.54) is 46.0 Å². The average Bonchev–Trinajstić information content (AvgIpc) is 2.77. The number of esters is 1. The first-order valence-electron chi connectivity index (χ1n) is 9.96. The maximum absolute atomic E-state index is 12.5. The largest absolute Gasteiger partial charge is 0.457 e. The summed E-state index contributed by atoms with van der Waals surface area (Å²) >= 11 is 0.